The third-order valence-corrected chi connectivity index (χ3v) is 9.99. The molecular weight excluding hydrogens is 652 g/mol. The molecule has 0 aliphatic carbocycles. The van der Waals surface area contributed by atoms with Crippen LogP contribution < -0.4 is 0 Å². The summed E-state index contributed by atoms with van der Waals surface area (Å²) in [6.07, 6.45) is 23.9. The fourth-order valence-electron chi connectivity index (χ4n) is 6.60. The largest absolute Gasteiger partial charge is 0.462 e. The van der Waals surface area contributed by atoms with Crippen molar-refractivity contribution in [1.29, 1.82) is 0 Å². The number of esters is 2. The van der Waals surface area contributed by atoms with E-state index in [9.17, 15) is 30.0 Å². The van der Waals surface area contributed by atoms with Crippen molar-refractivity contribution in [3.63, 3.8) is 0 Å². The quantitative estimate of drug-likeness (QED) is 0.0371. The van der Waals surface area contributed by atoms with Crippen molar-refractivity contribution in [2.75, 3.05) is 19.8 Å². The topological polar surface area (TPSA) is 152 Å². The highest BCUT2D eigenvalue weighted by molar-refractivity contribution is 5.70. The fraction of sp³-hybridized carbons (Fsp3) is 0.951. The molecule has 1 saturated heterocycles. The minimum Gasteiger partial charge on any atom is -0.462 e. The average Bonchev–Trinajstić information content (AvgIpc) is 3.13. The molecule has 6 atom stereocenters. The molecule has 0 amide bonds. The van der Waals surface area contributed by atoms with E-state index in [-0.39, 0.29) is 32.0 Å². The zero-order valence-electron chi connectivity index (χ0n) is 32.6. The lowest BCUT2D eigenvalue weighted by Crippen LogP contribution is -2.59. The molecule has 0 radical (unpaired) electrons. The van der Waals surface area contributed by atoms with E-state index in [2.05, 4.69) is 13.8 Å². The first kappa shape index (κ1) is 47.7. The van der Waals surface area contributed by atoms with Gasteiger partial charge in [-0.05, 0) is 12.8 Å². The second-order valence-corrected chi connectivity index (χ2v) is 14.8. The maximum Gasteiger partial charge on any atom is 0.306 e. The Kier molecular flexibility index (Phi) is 31.1. The van der Waals surface area contributed by atoms with Crippen LogP contribution in [-0.2, 0) is 28.5 Å². The monoisotopic (exact) mass is 731 g/mol. The average molecular weight is 731 g/mol. The third-order valence-electron chi connectivity index (χ3n) is 9.99. The van der Waals surface area contributed by atoms with Crippen molar-refractivity contribution < 1.29 is 49.0 Å². The van der Waals surface area contributed by atoms with Crippen LogP contribution in [0.15, 0.2) is 0 Å². The summed E-state index contributed by atoms with van der Waals surface area (Å²) in [5, 5.41) is 40.0. The van der Waals surface area contributed by atoms with Gasteiger partial charge in [-0.1, -0.05) is 168 Å². The zero-order chi connectivity index (χ0) is 37.4. The van der Waals surface area contributed by atoms with Gasteiger partial charge in [-0.2, -0.15) is 0 Å². The van der Waals surface area contributed by atoms with Gasteiger partial charge in [0.25, 0.3) is 0 Å². The van der Waals surface area contributed by atoms with Crippen LogP contribution in [-0.4, -0.2) is 89.0 Å². The molecule has 4 N–H and O–H groups in total. The van der Waals surface area contributed by atoms with Gasteiger partial charge in [-0.3, -0.25) is 9.59 Å². The highest BCUT2D eigenvalue weighted by Crippen LogP contribution is 2.23. The van der Waals surface area contributed by atoms with Crippen LogP contribution in [0.3, 0.4) is 0 Å². The van der Waals surface area contributed by atoms with Gasteiger partial charge in [0.2, 0.25) is 0 Å². The Morgan fingerprint density at radius 3 is 1.33 bits per heavy atom. The molecule has 0 aromatic rings. The van der Waals surface area contributed by atoms with Crippen LogP contribution >= 0.6 is 0 Å². The second-order valence-electron chi connectivity index (χ2n) is 14.8. The van der Waals surface area contributed by atoms with Crippen LogP contribution in [0.1, 0.15) is 194 Å². The molecule has 1 aliphatic heterocycles. The fourth-order valence-corrected chi connectivity index (χ4v) is 6.60. The van der Waals surface area contributed by atoms with Gasteiger partial charge in [0.15, 0.2) is 12.4 Å². The number of aliphatic hydroxyl groups is 4. The summed E-state index contributed by atoms with van der Waals surface area (Å²) in [5.41, 5.74) is 0. The number of hydrogen-bond acceptors (Lipinski definition) is 10. The van der Waals surface area contributed by atoms with E-state index in [1.807, 2.05) is 0 Å². The molecule has 0 aromatic carbocycles. The summed E-state index contributed by atoms with van der Waals surface area (Å²) in [6.45, 7) is 3.43. The van der Waals surface area contributed by atoms with Crippen molar-refractivity contribution in [2.24, 2.45) is 0 Å². The summed E-state index contributed by atoms with van der Waals surface area (Å²) >= 11 is 0. The molecule has 0 aromatic heterocycles. The van der Waals surface area contributed by atoms with Gasteiger partial charge in [0, 0.05) is 12.8 Å². The van der Waals surface area contributed by atoms with E-state index < -0.39 is 49.4 Å². The number of carbonyl (C=O) groups is 2. The smallest absolute Gasteiger partial charge is 0.306 e. The van der Waals surface area contributed by atoms with Crippen LogP contribution in [0.5, 0.6) is 0 Å². The van der Waals surface area contributed by atoms with Crippen LogP contribution in [0.25, 0.3) is 0 Å². The Morgan fingerprint density at radius 2 is 0.922 bits per heavy atom. The highest BCUT2D eigenvalue weighted by Gasteiger charge is 2.44. The number of hydrogen-bond donors (Lipinski definition) is 4. The Morgan fingerprint density at radius 1 is 0.529 bits per heavy atom. The molecular formula is C41H78O10. The first-order chi connectivity index (χ1) is 24.8. The lowest BCUT2D eigenvalue weighted by Gasteiger charge is -2.39. The van der Waals surface area contributed by atoms with Crippen molar-refractivity contribution in [3.8, 4) is 0 Å². The minimum atomic E-state index is -1.59. The van der Waals surface area contributed by atoms with E-state index in [0.717, 1.165) is 38.5 Å². The molecule has 0 saturated carbocycles. The Labute approximate surface area is 310 Å². The third kappa shape index (κ3) is 25.4. The standard InChI is InChI=1S/C41H78O10/c1-3-5-7-9-11-13-15-16-17-18-20-22-24-26-28-30-37(44)50-34(33-49-41-40(47)39(46)38(45)35(31-42)51-41)32-48-36(43)29-27-25-23-21-19-14-12-10-8-6-4-2/h34-35,38-42,45-47H,3-33H2,1-2H3/t34-,35-,38+,39?,40?,41-/m1/s1. The normalized spacial score (nSPS) is 21.1. The summed E-state index contributed by atoms with van der Waals surface area (Å²) in [5.74, 6) is -0.796. The predicted octanol–water partition coefficient (Wildman–Crippen LogP) is 8.22. The number of rotatable bonds is 35. The molecule has 0 bridgehead atoms. The summed E-state index contributed by atoms with van der Waals surface area (Å²) in [6, 6.07) is 0. The van der Waals surface area contributed by atoms with Gasteiger partial charge >= 0.3 is 11.9 Å². The summed E-state index contributed by atoms with van der Waals surface area (Å²) < 4.78 is 22.1. The SMILES string of the molecule is CCCCCCCCCCCCCCCCCC(=O)O[C@H](COC(=O)CCCCCCCCCCCCC)CO[C@@H]1O[C@H](CO)[C@H](O)C(O)C1O. The highest BCUT2D eigenvalue weighted by atomic mass is 16.7. The second kappa shape index (κ2) is 33.3. The van der Waals surface area contributed by atoms with Gasteiger partial charge in [-0.25, -0.2) is 0 Å². The van der Waals surface area contributed by atoms with E-state index in [0.29, 0.717) is 6.42 Å². The maximum atomic E-state index is 12.7. The lowest BCUT2D eigenvalue weighted by molar-refractivity contribution is -0.305. The number of ether oxygens (including phenoxy) is 4. The van der Waals surface area contributed by atoms with Crippen LogP contribution in [0.2, 0.25) is 0 Å². The molecule has 10 heteroatoms. The summed E-state index contributed by atoms with van der Waals surface area (Å²) in [7, 11) is 0. The number of aliphatic hydroxyl groups excluding tert-OH is 4. The van der Waals surface area contributed by atoms with Crippen molar-refractivity contribution in [3.05, 3.63) is 0 Å². The minimum absolute atomic E-state index is 0.209. The molecule has 51 heavy (non-hydrogen) atoms. The molecule has 1 heterocycles. The lowest BCUT2D eigenvalue weighted by atomic mass is 9.99. The molecule has 2 unspecified atom stereocenters. The first-order valence-corrected chi connectivity index (χ1v) is 21.1. The zero-order valence-corrected chi connectivity index (χ0v) is 32.6. The Hall–Kier alpha value is -1.30. The molecule has 302 valence electrons. The van der Waals surface area contributed by atoms with Crippen LogP contribution in [0, 0.1) is 0 Å². The van der Waals surface area contributed by atoms with Gasteiger partial charge in [0.1, 0.15) is 31.0 Å². The van der Waals surface area contributed by atoms with Crippen molar-refractivity contribution in [1.82, 2.24) is 0 Å². The van der Waals surface area contributed by atoms with Gasteiger partial charge in [-0.15, -0.1) is 0 Å². The molecule has 1 rings (SSSR count). The van der Waals surface area contributed by atoms with E-state index >= 15 is 0 Å². The Bertz CT molecular complexity index is 809. The van der Waals surface area contributed by atoms with Gasteiger partial charge in [0.05, 0.1) is 13.2 Å². The first-order valence-electron chi connectivity index (χ1n) is 21.1. The molecule has 0 spiro atoms. The molecule has 1 fully saturated rings. The number of unbranched alkanes of at least 4 members (excludes halogenated alkanes) is 24. The summed E-state index contributed by atoms with van der Waals surface area (Å²) in [4.78, 5) is 25.2. The van der Waals surface area contributed by atoms with Crippen molar-refractivity contribution in [2.45, 2.75) is 230 Å². The van der Waals surface area contributed by atoms with E-state index in [4.69, 9.17) is 18.9 Å². The maximum absolute atomic E-state index is 12.7. The van der Waals surface area contributed by atoms with E-state index in [1.54, 1.807) is 0 Å². The number of carbonyl (C=O) groups excluding carboxylic acids is 2. The predicted molar refractivity (Wildman–Crippen MR) is 201 cm³/mol. The Balaban J connectivity index is 2.34. The van der Waals surface area contributed by atoms with E-state index in [1.165, 1.54) is 122 Å². The van der Waals surface area contributed by atoms with Crippen LogP contribution in [0.4, 0.5) is 0 Å². The molecule has 1 aliphatic rings. The van der Waals surface area contributed by atoms with Crippen molar-refractivity contribution >= 4 is 11.9 Å². The molecule has 10 nitrogen and oxygen atoms in total. The van der Waals surface area contributed by atoms with Gasteiger partial charge < -0.3 is 39.4 Å².